The van der Waals surface area contributed by atoms with Crippen LogP contribution in [0.4, 0.5) is 0 Å². The molecular weight excluding hydrogens is 250 g/mol. The van der Waals surface area contributed by atoms with Crippen LogP contribution in [0.25, 0.3) is 0 Å². The standard InChI is InChI=1S/C17H27NO2/c1-12-5-7-15(9-12)18-13(2)10-14-6-8-16(19-3)17(11-14)20-4/h6,8,11-13,15,18H,5,7,9-10H2,1-4H3. The molecule has 0 bridgehead atoms. The minimum atomic E-state index is 0.489. The highest BCUT2D eigenvalue weighted by atomic mass is 16.5. The van der Waals surface area contributed by atoms with Crippen LogP contribution in [0.2, 0.25) is 0 Å². The fourth-order valence-corrected chi connectivity index (χ4v) is 3.18. The first-order chi connectivity index (χ1) is 9.62. The van der Waals surface area contributed by atoms with Crippen LogP contribution in [0, 0.1) is 5.92 Å². The van der Waals surface area contributed by atoms with Gasteiger partial charge in [-0.2, -0.15) is 0 Å². The first-order valence-electron chi connectivity index (χ1n) is 7.59. The molecule has 3 nitrogen and oxygen atoms in total. The quantitative estimate of drug-likeness (QED) is 0.864. The number of rotatable bonds is 6. The summed E-state index contributed by atoms with van der Waals surface area (Å²) in [5, 5.41) is 3.75. The van der Waals surface area contributed by atoms with Crippen LogP contribution in [-0.2, 0) is 6.42 Å². The highest BCUT2D eigenvalue weighted by molar-refractivity contribution is 5.43. The van der Waals surface area contributed by atoms with Crippen LogP contribution >= 0.6 is 0 Å². The molecule has 20 heavy (non-hydrogen) atoms. The van der Waals surface area contributed by atoms with Gasteiger partial charge in [-0.25, -0.2) is 0 Å². The molecule has 0 amide bonds. The third-order valence-corrected chi connectivity index (χ3v) is 4.20. The minimum absolute atomic E-state index is 0.489. The van der Waals surface area contributed by atoms with E-state index in [-0.39, 0.29) is 0 Å². The van der Waals surface area contributed by atoms with E-state index in [0.29, 0.717) is 12.1 Å². The van der Waals surface area contributed by atoms with Crippen molar-refractivity contribution in [1.29, 1.82) is 0 Å². The predicted molar refractivity (Wildman–Crippen MR) is 82.7 cm³/mol. The maximum Gasteiger partial charge on any atom is 0.160 e. The van der Waals surface area contributed by atoms with Crippen molar-refractivity contribution in [3.05, 3.63) is 23.8 Å². The summed E-state index contributed by atoms with van der Waals surface area (Å²) >= 11 is 0. The van der Waals surface area contributed by atoms with Crippen LogP contribution in [0.5, 0.6) is 11.5 Å². The average Bonchev–Trinajstić information content (AvgIpc) is 2.83. The van der Waals surface area contributed by atoms with E-state index in [0.717, 1.165) is 23.8 Å². The first kappa shape index (κ1) is 15.2. The van der Waals surface area contributed by atoms with E-state index in [9.17, 15) is 0 Å². The van der Waals surface area contributed by atoms with Gasteiger partial charge in [0.1, 0.15) is 0 Å². The summed E-state index contributed by atoms with van der Waals surface area (Å²) in [5.74, 6) is 2.48. The van der Waals surface area contributed by atoms with Gasteiger partial charge < -0.3 is 14.8 Å². The second kappa shape index (κ2) is 6.98. The first-order valence-corrected chi connectivity index (χ1v) is 7.59. The highest BCUT2D eigenvalue weighted by Gasteiger charge is 2.22. The van der Waals surface area contributed by atoms with Gasteiger partial charge in [0.25, 0.3) is 0 Å². The van der Waals surface area contributed by atoms with Gasteiger partial charge in [0.2, 0.25) is 0 Å². The molecule has 3 heteroatoms. The van der Waals surface area contributed by atoms with E-state index in [1.807, 2.05) is 6.07 Å². The van der Waals surface area contributed by atoms with Crippen LogP contribution in [0.15, 0.2) is 18.2 Å². The lowest BCUT2D eigenvalue weighted by atomic mass is 10.0. The minimum Gasteiger partial charge on any atom is -0.493 e. The average molecular weight is 277 g/mol. The predicted octanol–water partition coefficient (Wildman–Crippen LogP) is 3.41. The molecule has 2 rings (SSSR count). The Hall–Kier alpha value is -1.22. The summed E-state index contributed by atoms with van der Waals surface area (Å²) in [4.78, 5) is 0. The molecule has 1 aliphatic rings. The molecule has 0 aliphatic heterocycles. The summed E-state index contributed by atoms with van der Waals surface area (Å²) in [6.45, 7) is 4.61. The van der Waals surface area contributed by atoms with Crippen molar-refractivity contribution >= 4 is 0 Å². The Bertz CT molecular complexity index is 433. The molecule has 1 aromatic carbocycles. The highest BCUT2D eigenvalue weighted by Crippen LogP contribution is 2.28. The van der Waals surface area contributed by atoms with Gasteiger partial charge in [0.15, 0.2) is 11.5 Å². The second-order valence-corrected chi connectivity index (χ2v) is 6.08. The molecule has 1 N–H and O–H groups in total. The lowest BCUT2D eigenvalue weighted by Gasteiger charge is -2.20. The van der Waals surface area contributed by atoms with Crippen molar-refractivity contribution in [2.75, 3.05) is 14.2 Å². The monoisotopic (exact) mass is 277 g/mol. The molecule has 1 aromatic rings. The van der Waals surface area contributed by atoms with Crippen LogP contribution in [0.3, 0.4) is 0 Å². The maximum absolute atomic E-state index is 5.36. The van der Waals surface area contributed by atoms with Gasteiger partial charge in [-0.15, -0.1) is 0 Å². The molecule has 3 unspecified atom stereocenters. The molecule has 0 saturated heterocycles. The van der Waals surface area contributed by atoms with E-state index in [1.165, 1.54) is 24.8 Å². The number of hydrogen-bond acceptors (Lipinski definition) is 3. The van der Waals surface area contributed by atoms with Crippen molar-refractivity contribution in [3.8, 4) is 11.5 Å². The van der Waals surface area contributed by atoms with Crippen LogP contribution in [-0.4, -0.2) is 26.3 Å². The number of methoxy groups -OCH3 is 2. The number of benzene rings is 1. The normalized spacial score (nSPS) is 23.6. The van der Waals surface area contributed by atoms with Crippen LogP contribution in [0.1, 0.15) is 38.7 Å². The Labute approximate surface area is 122 Å². The molecule has 0 spiro atoms. The van der Waals surface area contributed by atoms with Crippen molar-refractivity contribution in [2.24, 2.45) is 5.92 Å². The van der Waals surface area contributed by atoms with Gasteiger partial charge in [0.05, 0.1) is 14.2 Å². The van der Waals surface area contributed by atoms with Crippen LogP contribution < -0.4 is 14.8 Å². The van der Waals surface area contributed by atoms with E-state index in [1.54, 1.807) is 14.2 Å². The van der Waals surface area contributed by atoms with Gasteiger partial charge in [-0.1, -0.05) is 13.0 Å². The second-order valence-electron chi connectivity index (χ2n) is 6.08. The Morgan fingerprint density at radius 3 is 2.55 bits per heavy atom. The summed E-state index contributed by atoms with van der Waals surface area (Å²) in [7, 11) is 3.35. The maximum atomic E-state index is 5.36. The van der Waals surface area contributed by atoms with Gasteiger partial charge in [0, 0.05) is 12.1 Å². The Morgan fingerprint density at radius 1 is 1.20 bits per heavy atom. The third-order valence-electron chi connectivity index (χ3n) is 4.20. The SMILES string of the molecule is COc1ccc(CC(C)NC2CCC(C)C2)cc1OC. The number of hydrogen-bond donors (Lipinski definition) is 1. The molecule has 0 aromatic heterocycles. The summed E-state index contributed by atoms with van der Waals surface area (Å²) in [6, 6.07) is 7.37. The summed E-state index contributed by atoms with van der Waals surface area (Å²) in [6.07, 6.45) is 5.01. The van der Waals surface area contributed by atoms with Gasteiger partial charge in [-0.3, -0.25) is 0 Å². The summed E-state index contributed by atoms with van der Waals surface area (Å²) < 4.78 is 10.6. The van der Waals surface area contributed by atoms with Crippen molar-refractivity contribution in [3.63, 3.8) is 0 Å². The molecule has 112 valence electrons. The summed E-state index contributed by atoms with van der Waals surface area (Å²) in [5.41, 5.74) is 1.29. The third kappa shape index (κ3) is 3.89. The largest absolute Gasteiger partial charge is 0.493 e. The van der Waals surface area contributed by atoms with E-state index < -0.39 is 0 Å². The Morgan fingerprint density at radius 2 is 1.95 bits per heavy atom. The molecule has 1 fully saturated rings. The van der Waals surface area contributed by atoms with E-state index in [2.05, 4.69) is 31.3 Å². The van der Waals surface area contributed by atoms with E-state index >= 15 is 0 Å². The zero-order valence-corrected chi connectivity index (χ0v) is 13.1. The smallest absolute Gasteiger partial charge is 0.160 e. The van der Waals surface area contributed by atoms with E-state index in [4.69, 9.17) is 9.47 Å². The molecule has 1 aliphatic carbocycles. The molecule has 0 radical (unpaired) electrons. The topological polar surface area (TPSA) is 30.5 Å². The zero-order chi connectivity index (χ0) is 14.5. The van der Waals surface area contributed by atoms with Crippen molar-refractivity contribution in [2.45, 2.75) is 51.6 Å². The Balaban J connectivity index is 1.92. The number of nitrogens with one attached hydrogen (secondary N) is 1. The van der Waals surface area contributed by atoms with Crippen molar-refractivity contribution in [1.82, 2.24) is 5.32 Å². The Kier molecular flexibility index (Phi) is 5.30. The van der Waals surface area contributed by atoms with Gasteiger partial charge in [-0.05, 0) is 56.2 Å². The fourth-order valence-electron chi connectivity index (χ4n) is 3.18. The molecule has 0 heterocycles. The molecular formula is C17H27NO2. The molecule has 3 atom stereocenters. The lowest BCUT2D eigenvalue weighted by molar-refractivity contribution is 0.354. The van der Waals surface area contributed by atoms with Gasteiger partial charge >= 0.3 is 0 Å². The number of ether oxygens (including phenoxy) is 2. The zero-order valence-electron chi connectivity index (χ0n) is 13.1. The molecule has 1 saturated carbocycles. The van der Waals surface area contributed by atoms with Crippen molar-refractivity contribution < 1.29 is 9.47 Å². The fraction of sp³-hybridized carbons (Fsp3) is 0.647. The lowest BCUT2D eigenvalue weighted by Crippen LogP contribution is -2.36.